The molecule has 0 rings (SSSR count). The Hall–Kier alpha value is -1.28. The molecule has 0 spiro atoms. The molecule has 3 atom stereocenters. The second-order valence-electron chi connectivity index (χ2n) is 17.7. The highest BCUT2D eigenvalue weighted by Gasteiger charge is 2.27. The van der Waals surface area contributed by atoms with Gasteiger partial charge in [-0.05, 0) is 51.4 Å². The summed E-state index contributed by atoms with van der Waals surface area (Å²) < 4.78 is 22.3. The van der Waals surface area contributed by atoms with Gasteiger partial charge in [0.05, 0.1) is 25.4 Å². The van der Waals surface area contributed by atoms with Gasteiger partial charge in [-0.15, -0.1) is 0 Å². The number of rotatable bonds is 49. The number of aliphatic hydroxyl groups excluding tert-OH is 1. The van der Waals surface area contributed by atoms with Crippen LogP contribution < -0.4 is 11.1 Å². The minimum atomic E-state index is -4.33. The molecule has 61 heavy (non-hydrogen) atoms. The van der Waals surface area contributed by atoms with Crippen LogP contribution in [-0.2, 0) is 18.4 Å². The van der Waals surface area contributed by atoms with E-state index in [9.17, 15) is 19.4 Å². The van der Waals surface area contributed by atoms with Crippen LogP contribution in [0.25, 0.3) is 0 Å². The number of aliphatic hydroxyl groups is 1. The maximum Gasteiger partial charge on any atom is 0.472 e. The standard InChI is InChI=1S/C52H101N2O6P/c1-3-5-7-9-11-13-15-17-19-21-23-25-27-29-31-33-35-37-39-41-43-45-51(55)50(49-60-61(57,58)59-48-47-53)54-52(56)46-44-42-40-38-36-34-32-30-28-26-24-22-20-18-16-14-12-10-8-6-4-2/h16,18,22,24,28,30,50-51,55H,3-15,17,19-21,23,25-27,29,31-49,53H2,1-2H3,(H,54,56)(H,57,58)/b18-16-,24-22-,30-28-. The van der Waals surface area contributed by atoms with Crippen molar-refractivity contribution in [2.75, 3.05) is 19.8 Å². The average Bonchev–Trinajstić information content (AvgIpc) is 3.25. The first-order chi connectivity index (χ1) is 29.9. The Morgan fingerprint density at radius 2 is 0.902 bits per heavy atom. The Bertz CT molecular complexity index is 1050. The van der Waals surface area contributed by atoms with Gasteiger partial charge in [0.2, 0.25) is 5.91 Å². The third-order valence-electron chi connectivity index (χ3n) is 11.7. The first-order valence-electron chi connectivity index (χ1n) is 26.1. The van der Waals surface area contributed by atoms with E-state index in [4.69, 9.17) is 14.8 Å². The molecule has 360 valence electrons. The number of carbonyl (C=O) groups excluding carboxylic acids is 1. The van der Waals surface area contributed by atoms with E-state index < -0.39 is 20.0 Å². The highest BCUT2D eigenvalue weighted by atomic mass is 31.2. The number of phosphoric acid groups is 1. The molecular weight excluding hydrogens is 780 g/mol. The number of carbonyl (C=O) groups is 1. The molecule has 5 N–H and O–H groups in total. The number of nitrogens with one attached hydrogen (secondary N) is 1. The fourth-order valence-corrected chi connectivity index (χ4v) is 8.55. The molecule has 0 aliphatic rings. The van der Waals surface area contributed by atoms with Crippen molar-refractivity contribution in [3.8, 4) is 0 Å². The molecule has 0 radical (unpaired) electrons. The van der Waals surface area contributed by atoms with Gasteiger partial charge in [0, 0.05) is 13.0 Å². The van der Waals surface area contributed by atoms with Crippen LogP contribution in [0.3, 0.4) is 0 Å². The van der Waals surface area contributed by atoms with Gasteiger partial charge in [-0.25, -0.2) is 4.57 Å². The summed E-state index contributed by atoms with van der Waals surface area (Å²) in [5.74, 6) is -0.171. The van der Waals surface area contributed by atoms with E-state index in [1.165, 1.54) is 167 Å². The fraction of sp³-hybridized carbons (Fsp3) is 0.865. The largest absolute Gasteiger partial charge is 0.472 e. The van der Waals surface area contributed by atoms with Crippen molar-refractivity contribution in [1.82, 2.24) is 5.32 Å². The smallest absolute Gasteiger partial charge is 0.391 e. The topological polar surface area (TPSA) is 131 Å². The lowest BCUT2D eigenvalue weighted by molar-refractivity contribution is -0.123. The molecule has 0 heterocycles. The van der Waals surface area contributed by atoms with Gasteiger partial charge >= 0.3 is 7.82 Å². The number of phosphoric ester groups is 1. The zero-order valence-electron chi connectivity index (χ0n) is 40.2. The minimum absolute atomic E-state index is 0.0862. The lowest BCUT2D eigenvalue weighted by atomic mass is 10.0. The first kappa shape index (κ1) is 59.7. The summed E-state index contributed by atoms with van der Waals surface area (Å²) in [5, 5.41) is 13.9. The van der Waals surface area contributed by atoms with Gasteiger partial charge in [-0.1, -0.05) is 237 Å². The first-order valence-corrected chi connectivity index (χ1v) is 27.6. The summed E-state index contributed by atoms with van der Waals surface area (Å²) >= 11 is 0. The Kier molecular flexibility index (Phi) is 47.2. The summed E-state index contributed by atoms with van der Waals surface area (Å²) in [5.41, 5.74) is 5.40. The van der Waals surface area contributed by atoms with Crippen molar-refractivity contribution in [2.24, 2.45) is 5.73 Å². The van der Waals surface area contributed by atoms with Crippen LogP contribution in [0, 0.1) is 0 Å². The van der Waals surface area contributed by atoms with Crippen LogP contribution >= 0.6 is 7.82 Å². The van der Waals surface area contributed by atoms with Crippen molar-refractivity contribution in [1.29, 1.82) is 0 Å². The average molecular weight is 881 g/mol. The summed E-state index contributed by atoms with van der Waals surface area (Å²) in [4.78, 5) is 22.9. The third kappa shape index (κ3) is 46.5. The van der Waals surface area contributed by atoms with Crippen molar-refractivity contribution in [2.45, 2.75) is 270 Å². The Morgan fingerprint density at radius 1 is 0.541 bits per heavy atom. The zero-order valence-corrected chi connectivity index (χ0v) is 41.1. The highest BCUT2D eigenvalue weighted by Crippen LogP contribution is 2.43. The van der Waals surface area contributed by atoms with Crippen LogP contribution in [0.2, 0.25) is 0 Å². The molecule has 0 aromatic heterocycles. The lowest BCUT2D eigenvalue weighted by Crippen LogP contribution is -2.46. The van der Waals surface area contributed by atoms with Crippen LogP contribution in [0.15, 0.2) is 36.5 Å². The summed E-state index contributed by atoms with van der Waals surface area (Å²) in [6, 6.07) is -0.783. The maximum absolute atomic E-state index is 12.8. The molecule has 0 aromatic rings. The Morgan fingerprint density at radius 3 is 1.31 bits per heavy atom. The molecule has 1 amide bonds. The summed E-state index contributed by atoms with van der Waals surface area (Å²) in [6.45, 7) is 4.22. The van der Waals surface area contributed by atoms with Crippen LogP contribution in [0.4, 0.5) is 0 Å². The SMILES string of the molecule is CCCCCCC/C=C\C/C=C\C/C=C\CCCCCCCCC(=O)NC(COP(=O)(O)OCCN)C(O)CCCCCCCCCCCCCCCCCCCCCCC. The van der Waals surface area contributed by atoms with E-state index >= 15 is 0 Å². The van der Waals surface area contributed by atoms with E-state index in [1.54, 1.807) is 0 Å². The number of hydrogen-bond donors (Lipinski definition) is 4. The third-order valence-corrected chi connectivity index (χ3v) is 12.7. The van der Waals surface area contributed by atoms with Crippen molar-refractivity contribution in [3.63, 3.8) is 0 Å². The van der Waals surface area contributed by atoms with Crippen LogP contribution in [0.5, 0.6) is 0 Å². The van der Waals surface area contributed by atoms with Crippen molar-refractivity contribution >= 4 is 13.7 Å². The normalized spacial score (nSPS) is 14.1. The second kappa shape index (κ2) is 48.2. The van der Waals surface area contributed by atoms with Gasteiger partial charge in [0.25, 0.3) is 0 Å². The maximum atomic E-state index is 12.8. The van der Waals surface area contributed by atoms with E-state index in [1.807, 2.05) is 0 Å². The zero-order chi connectivity index (χ0) is 44.6. The molecular formula is C52H101N2O6P. The van der Waals surface area contributed by atoms with E-state index in [2.05, 4.69) is 55.6 Å². The molecule has 0 saturated carbocycles. The number of unbranched alkanes of at least 4 members (excludes halogenated alkanes) is 31. The second-order valence-corrected chi connectivity index (χ2v) is 19.2. The van der Waals surface area contributed by atoms with Gasteiger partial charge in [-0.2, -0.15) is 0 Å². The number of allylic oxidation sites excluding steroid dienone is 6. The molecule has 9 heteroatoms. The van der Waals surface area contributed by atoms with Crippen molar-refractivity contribution in [3.05, 3.63) is 36.5 Å². The van der Waals surface area contributed by atoms with E-state index in [0.29, 0.717) is 12.8 Å². The Labute approximate surface area is 378 Å². The van der Waals surface area contributed by atoms with Crippen molar-refractivity contribution < 1.29 is 28.4 Å². The predicted octanol–water partition coefficient (Wildman–Crippen LogP) is 15.5. The monoisotopic (exact) mass is 881 g/mol. The predicted molar refractivity (Wildman–Crippen MR) is 263 cm³/mol. The quantitative estimate of drug-likeness (QED) is 0.0272. The number of nitrogens with two attached hydrogens (primary N) is 1. The lowest BCUT2D eigenvalue weighted by Gasteiger charge is -2.25. The van der Waals surface area contributed by atoms with E-state index in [0.717, 1.165) is 64.2 Å². The van der Waals surface area contributed by atoms with Crippen LogP contribution in [-0.4, -0.2) is 47.8 Å². The summed E-state index contributed by atoms with van der Waals surface area (Å²) in [7, 11) is -4.33. The minimum Gasteiger partial charge on any atom is -0.391 e. The van der Waals surface area contributed by atoms with Gasteiger partial charge in [0.15, 0.2) is 0 Å². The molecule has 0 aliphatic heterocycles. The molecule has 0 fully saturated rings. The molecule has 0 aromatic carbocycles. The van der Waals surface area contributed by atoms with Gasteiger partial charge in [0.1, 0.15) is 0 Å². The highest BCUT2D eigenvalue weighted by molar-refractivity contribution is 7.47. The molecule has 3 unspecified atom stereocenters. The van der Waals surface area contributed by atoms with Gasteiger partial charge in [-0.3, -0.25) is 13.8 Å². The molecule has 0 bridgehead atoms. The number of amides is 1. The van der Waals surface area contributed by atoms with Gasteiger partial charge < -0.3 is 21.1 Å². The molecule has 0 saturated heterocycles. The molecule has 0 aliphatic carbocycles. The Balaban J connectivity index is 4.07. The molecule has 8 nitrogen and oxygen atoms in total. The fourth-order valence-electron chi connectivity index (χ4n) is 7.79. The van der Waals surface area contributed by atoms with Crippen LogP contribution in [0.1, 0.15) is 258 Å². The number of hydrogen-bond acceptors (Lipinski definition) is 6. The van der Waals surface area contributed by atoms with E-state index in [-0.39, 0.29) is 25.7 Å². The summed E-state index contributed by atoms with van der Waals surface area (Å²) in [6.07, 6.45) is 58.8.